The monoisotopic (exact) mass is 559 g/mol. The Morgan fingerprint density at radius 3 is 2.56 bits per heavy atom. The van der Waals surface area contributed by atoms with E-state index in [-0.39, 0.29) is 24.0 Å². The standard InChI is InChI=1S/C30H26ClN3O4S/c1-18(35)30(38-25-12-5-3-8-20(25)28-33-24-11-6-9-22(31)27(24)39-28)13-15-34(16-14-30)29(37)21-17-26(36)32-23-10-4-2-7-19(21)23/h2-12,21H,13-17H2,1H3,(H,32,36)/t21-/m0/s1. The second kappa shape index (κ2) is 10.1. The number of likely N-dealkylation sites (tertiary alicyclic amines) is 1. The quantitative estimate of drug-likeness (QED) is 0.320. The average Bonchev–Trinajstić information content (AvgIpc) is 3.38. The normalized spacial score (nSPS) is 18.4. The molecule has 1 atom stereocenters. The number of hydrogen-bond acceptors (Lipinski definition) is 6. The first-order valence-corrected chi connectivity index (χ1v) is 14.1. The van der Waals surface area contributed by atoms with Crippen LogP contribution in [0.5, 0.6) is 5.75 Å². The number of anilines is 1. The molecular formula is C30H26ClN3O4S. The molecule has 39 heavy (non-hydrogen) atoms. The van der Waals surface area contributed by atoms with E-state index in [2.05, 4.69) is 5.32 Å². The van der Waals surface area contributed by atoms with Gasteiger partial charge in [0.05, 0.1) is 26.7 Å². The van der Waals surface area contributed by atoms with Crippen LogP contribution < -0.4 is 10.1 Å². The van der Waals surface area contributed by atoms with E-state index in [0.29, 0.717) is 42.4 Å². The van der Waals surface area contributed by atoms with Gasteiger partial charge in [-0.05, 0) is 42.8 Å². The van der Waals surface area contributed by atoms with Crippen LogP contribution in [0.15, 0.2) is 66.7 Å². The molecule has 2 aliphatic rings. The molecule has 0 unspecified atom stereocenters. The zero-order chi connectivity index (χ0) is 27.1. The summed E-state index contributed by atoms with van der Waals surface area (Å²) in [5.74, 6) is -0.314. The van der Waals surface area contributed by atoms with Gasteiger partial charge >= 0.3 is 0 Å². The van der Waals surface area contributed by atoms with Crippen LogP contribution in [0.2, 0.25) is 5.02 Å². The molecule has 1 saturated heterocycles. The smallest absolute Gasteiger partial charge is 0.230 e. The first-order chi connectivity index (χ1) is 18.8. The van der Waals surface area contributed by atoms with Crippen molar-refractivity contribution in [2.75, 3.05) is 18.4 Å². The van der Waals surface area contributed by atoms with Crippen molar-refractivity contribution >= 4 is 56.4 Å². The van der Waals surface area contributed by atoms with Crippen LogP contribution in [0.4, 0.5) is 5.69 Å². The number of fused-ring (bicyclic) bond motifs is 2. The molecule has 3 aromatic carbocycles. The summed E-state index contributed by atoms with van der Waals surface area (Å²) in [6.07, 6.45) is 0.823. The lowest BCUT2D eigenvalue weighted by Crippen LogP contribution is -2.54. The van der Waals surface area contributed by atoms with Gasteiger partial charge in [0.1, 0.15) is 10.8 Å². The number of benzene rings is 3. The number of ether oxygens (including phenoxy) is 1. The molecule has 6 rings (SSSR count). The summed E-state index contributed by atoms with van der Waals surface area (Å²) in [6.45, 7) is 2.26. The van der Waals surface area contributed by atoms with Crippen molar-refractivity contribution in [3.63, 3.8) is 0 Å². The number of piperidine rings is 1. The van der Waals surface area contributed by atoms with Crippen molar-refractivity contribution in [1.82, 2.24) is 9.88 Å². The Hall–Kier alpha value is -3.75. The van der Waals surface area contributed by atoms with Gasteiger partial charge in [0.2, 0.25) is 11.8 Å². The van der Waals surface area contributed by atoms with E-state index in [4.69, 9.17) is 21.3 Å². The van der Waals surface area contributed by atoms with Crippen molar-refractivity contribution < 1.29 is 19.1 Å². The molecule has 2 aliphatic heterocycles. The number of carbonyl (C=O) groups excluding carboxylic acids is 3. The van der Waals surface area contributed by atoms with Crippen molar-refractivity contribution in [2.24, 2.45) is 0 Å². The van der Waals surface area contributed by atoms with E-state index in [1.807, 2.05) is 66.7 Å². The minimum atomic E-state index is -1.07. The van der Waals surface area contributed by atoms with Gasteiger partial charge in [0, 0.05) is 38.0 Å². The highest BCUT2D eigenvalue weighted by molar-refractivity contribution is 7.22. The number of Topliss-reactive ketones (excluding diaryl/α,β-unsaturated/α-hetero) is 1. The topological polar surface area (TPSA) is 88.6 Å². The fraction of sp³-hybridized carbons (Fsp3) is 0.267. The third-order valence-corrected chi connectivity index (χ3v) is 9.18. The summed E-state index contributed by atoms with van der Waals surface area (Å²) in [5.41, 5.74) is 2.04. The van der Waals surface area contributed by atoms with E-state index in [1.165, 1.54) is 11.3 Å². The number of aromatic nitrogens is 1. The van der Waals surface area contributed by atoms with Gasteiger partial charge < -0.3 is 15.0 Å². The maximum Gasteiger partial charge on any atom is 0.230 e. The van der Waals surface area contributed by atoms with Crippen LogP contribution in [-0.4, -0.2) is 46.2 Å². The lowest BCUT2D eigenvalue weighted by molar-refractivity contribution is -0.144. The first kappa shape index (κ1) is 25.5. The Labute approximate surface area is 234 Å². The Bertz CT molecular complexity index is 1610. The predicted octanol–water partition coefficient (Wildman–Crippen LogP) is 6.07. The van der Waals surface area contributed by atoms with E-state index in [0.717, 1.165) is 26.4 Å². The number of carbonyl (C=O) groups is 3. The largest absolute Gasteiger partial charge is 0.479 e. The molecule has 2 amide bonds. The van der Waals surface area contributed by atoms with E-state index in [9.17, 15) is 14.4 Å². The Kier molecular flexibility index (Phi) is 6.61. The van der Waals surface area contributed by atoms with Crippen LogP contribution in [-0.2, 0) is 14.4 Å². The molecule has 0 spiro atoms. The van der Waals surface area contributed by atoms with Gasteiger partial charge in [0.15, 0.2) is 11.4 Å². The van der Waals surface area contributed by atoms with Gasteiger partial charge in [-0.2, -0.15) is 0 Å². The molecule has 0 saturated carbocycles. The number of thiazole rings is 1. The van der Waals surface area contributed by atoms with Crippen LogP contribution >= 0.6 is 22.9 Å². The summed E-state index contributed by atoms with van der Waals surface area (Å²) >= 11 is 7.87. The second-order valence-corrected chi connectivity index (χ2v) is 11.4. The Morgan fingerprint density at radius 1 is 1.05 bits per heavy atom. The number of para-hydroxylation sites is 2. The summed E-state index contributed by atoms with van der Waals surface area (Å²) in [5, 5.41) is 4.25. The number of amides is 2. The van der Waals surface area contributed by atoms with Crippen LogP contribution in [0.1, 0.15) is 37.7 Å². The first-order valence-electron chi connectivity index (χ1n) is 12.9. The maximum atomic E-state index is 13.6. The van der Waals surface area contributed by atoms with Gasteiger partial charge in [-0.1, -0.05) is 48.0 Å². The second-order valence-electron chi connectivity index (χ2n) is 9.97. The molecule has 7 nitrogen and oxygen atoms in total. The molecule has 0 radical (unpaired) electrons. The third kappa shape index (κ3) is 4.68. The van der Waals surface area contributed by atoms with Gasteiger partial charge in [-0.15, -0.1) is 11.3 Å². The van der Waals surface area contributed by atoms with Crippen molar-refractivity contribution in [1.29, 1.82) is 0 Å². The van der Waals surface area contributed by atoms with E-state index in [1.54, 1.807) is 11.8 Å². The molecule has 0 aliphatic carbocycles. The number of hydrogen-bond donors (Lipinski definition) is 1. The minimum absolute atomic E-state index is 0.0841. The molecule has 3 heterocycles. The molecule has 198 valence electrons. The number of nitrogens with zero attached hydrogens (tertiary/aromatic N) is 2. The maximum absolute atomic E-state index is 13.6. The van der Waals surface area contributed by atoms with E-state index < -0.39 is 11.5 Å². The average molecular weight is 560 g/mol. The number of ketones is 1. The molecule has 9 heteroatoms. The number of halogens is 1. The number of nitrogens with one attached hydrogen (secondary N) is 1. The molecular weight excluding hydrogens is 534 g/mol. The number of rotatable bonds is 5. The van der Waals surface area contributed by atoms with Crippen molar-refractivity contribution in [2.45, 2.75) is 37.7 Å². The summed E-state index contributed by atoms with van der Waals surface area (Å²) in [7, 11) is 0. The third-order valence-electron chi connectivity index (χ3n) is 7.61. The van der Waals surface area contributed by atoms with Gasteiger partial charge in [0.25, 0.3) is 0 Å². The zero-order valence-corrected chi connectivity index (χ0v) is 22.8. The lowest BCUT2D eigenvalue weighted by atomic mass is 9.85. The fourth-order valence-corrected chi connectivity index (χ4v) is 6.72. The highest BCUT2D eigenvalue weighted by Crippen LogP contribution is 2.41. The molecule has 1 fully saturated rings. The molecule has 4 aromatic rings. The highest BCUT2D eigenvalue weighted by atomic mass is 35.5. The van der Waals surface area contributed by atoms with Crippen LogP contribution in [0.25, 0.3) is 20.8 Å². The highest BCUT2D eigenvalue weighted by Gasteiger charge is 2.44. The Balaban J connectivity index is 1.24. The van der Waals surface area contributed by atoms with E-state index >= 15 is 0 Å². The fourth-order valence-electron chi connectivity index (χ4n) is 5.44. The van der Waals surface area contributed by atoms with Gasteiger partial charge in [-0.3, -0.25) is 14.4 Å². The zero-order valence-electron chi connectivity index (χ0n) is 21.3. The Morgan fingerprint density at radius 2 is 1.79 bits per heavy atom. The summed E-state index contributed by atoms with van der Waals surface area (Å²) in [4.78, 5) is 45.4. The summed E-state index contributed by atoms with van der Waals surface area (Å²) < 4.78 is 7.44. The van der Waals surface area contributed by atoms with Crippen LogP contribution in [0.3, 0.4) is 0 Å². The van der Waals surface area contributed by atoms with Crippen LogP contribution in [0, 0.1) is 0 Å². The SMILES string of the molecule is CC(=O)C1(Oc2ccccc2-c2nc3cccc(Cl)c3s2)CCN(C(=O)[C@H]2CC(=O)Nc3ccccc32)CC1. The van der Waals surface area contributed by atoms with Gasteiger partial charge in [-0.25, -0.2) is 4.98 Å². The summed E-state index contributed by atoms with van der Waals surface area (Å²) in [6, 6.07) is 20.6. The predicted molar refractivity (Wildman–Crippen MR) is 152 cm³/mol. The minimum Gasteiger partial charge on any atom is -0.479 e. The lowest BCUT2D eigenvalue weighted by Gasteiger charge is -2.41. The molecule has 1 N–H and O–H groups in total. The van der Waals surface area contributed by atoms with Crippen molar-refractivity contribution in [3.05, 3.63) is 77.3 Å². The molecule has 0 bridgehead atoms. The molecule has 1 aromatic heterocycles. The van der Waals surface area contributed by atoms with Crippen molar-refractivity contribution in [3.8, 4) is 16.3 Å².